The molecule has 0 aliphatic rings. The predicted octanol–water partition coefficient (Wildman–Crippen LogP) is 5.22. The number of rotatable bonds is 5. The molecule has 2 amide bonds. The largest absolute Gasteiger partial charge is 0.416 e. The Bertz CT molecular complexity index is 1780. The van der Waals surface area contributed by atoms with Gasteiger partial charge in [0.15, 0.2) is 0 Å². The topological polar surface area (TPSA) is 106 Å². The zero-order valence-corrected chi connectivity index (χ0v) is 20.5. The van der Waals surface area contributed by atoms with Crippen molar-refractivity contribution in [1.82, 2.24) is 14.5 Å². The van der Waals surface area contributed by atoms with E-state index >= 15 is 0 Å². The van der Waals surface area contributed by atoms with Crippen molar-refractivity contribution in [3.63, 3.8) is 0 Å². The summed E-state index contributed by atoms with van der Waals surface area (Å²) in [6.45, 7) is 1.14. The quantitative estimate of drug-likeness (QED) is 0.320. The summed E-state index contributed by atoms with van der Waals surface area (Å²) in [6.07, 6.45) is -1.85. The van der Waals surface area contributed by atoms with Gasteiger partial charge in [0.05, 0.1) is 39.6 Å². The summed E-state index contributed by atoms with van der Waals surface area (Å²) < 4.78 is 39.9. The van der Waals surface area contributed by atoms with Crippen molar-refractivity contribution >= 4 is 55.6 Å². The van der Waals surface area contributed by atoms with E-state index in [4.69, 9.17) is 0 Å². The number of benzene rings is 2. The molecule has 0 aliphatic carbocycles. The summed E-state index contributed by atoms with van der Waals surface area (Å²) in [5.74, 6) is -1.14. The van der Waals surface area contributed by atoms with Crippen LogP contribution in [0, 0.1) is 6.92 Å². The summed E-state index contributed by atoms with van der Waals surface area (Å²) in [5.41, 5.74) is 0.166. The highest BCUT2D eigenvalue weighted by Gasteiger charge is 2.30. The number of aryl methyl sites for hydroxylation is 1. The Balaban J connectivity index is 1.36. The van der Waals surface area contributed by atoms with Crippen molar-refractivity contribution in [3.8, 4) is 0 Å². The predicted molar refractivity (Wildman–Crippen MR) is 138 cm³/mol. The van der Waals surface area contributed by atoms with Crippen molar-refractivity contribution in [2.75, 3.05) is 10.6 Å². The van der Waals surface area contributed by atoms with Crippen molar-refractivity contribution in [3.05, 3.63) is 93.5 Å². The summed E-state index contributed by atoms with van der Waals surface area (Å²) in [7, 11) is 0. The van der Waals surface area contributed by atoms with Gasteiger partial charge >= 0.3 is 6.18 Å². The molecule has 5 rings (SSSR count). The molecule has 2 aromatic carbocycles. The van der Waals surface area contributed by atoms with Gasteiger partial charge in [-0.1, -0.05) is 24.3 Å². The van der Waals surface area contributed by atoms with Crippen LogP contribution in [0.1, 0.15) is 20.8 Å². The van der Waals surface area contributed by atoms with Gasteiger partial charge in [-0.05, 0) is 42.8 Å². The Kier molecular flexibility index (Phi) is 6.41. The molecule has 0 saturated carbocycles. The number of fused-ring (bicyclic) bond motifs is 2. The molecule has 0 radical (unpaired) electrons. The molecule has 2 N–H and O–H groups in total. The van der Waals surface area contributed by atoms with Crippen LogP contribution in [0.3, 0.4) is 0 Å². The molecule has 8 nitrogen and oxygen atoms in total. The maximum atomic E-state index is 13.1. The van der Waals surface area contributed by atoms with Crippen LogP contribution in [0.15, 0.2) is 71.9 Å². The molecular formula is C26H18F3N5O3S. The van der Waals surface area contributed by atoms with E-state index in [9.17, 15) is 27.6 Å². The summed E-state index contributed by atoms with van der Waals surface area (Å²) in [6, 6.07) is 13.4. The van der Waals surface area contributed by atoms with Gasteiger partial charge in [0.1, 0.15) is 11.4 Å². The first-order chi connectivity index (χ1) is 18.1. The zero-order valence-electron chi connectivity index (χ0n) is 19.7. The number of hydrogen-bond donors (Lipinski definition) is 2. The van der Waals surface area contributed by atoms with E-state index in [2.05, 4.69) is 20.6 Å². The van der Waals surface area contributed by atoms with Crippen molar-refractivity contribution in [1.29, 1.82) is 0 Å². The van der Waals surface area contributed by atoms with Gasteiger partial charge < -0.3 is 10.6 Å². The van der Waals surface area contributed by atoms with Gasteiger partial charge in [-0.25, -0.2) is 4.98 Å². The van der Waals surface area contributed by atoms with Crippen LogP contribution in [0.25, 0.3) is 21.1 Å². The maximum absolute atomic E-state index is 13.1. The maximum Gasteiger partial charge on any atom is 0.416 e. The Morgan fingerprint density at radius 2 is 1.79 bits per heavy atom. The number of aromatic nitrogens is 3. The molecular weight excluding hydrogens is 519 g/mol. The van der Waals surface area contributed by atoms with Crippen LogP contribution >= 0.6 is 11.3 Å². The summed E-state index contributed by atoms with van der Waals surface area (Å²) in [5, 5.41) is 6.19. The van der Waals surface area contributed by atoms with E-state index in [0.29, 0.717) is 16.1 Å². The molecule has 5 aromatic rings. The molecule has 0 atom stereocenters. The highest BCUT2D eigenvalue weighted by Crippen LogP contribution is 2.31. The number of nitrogens with one attached hydrogen (secondary N) is 2. The third-order valence-corrected chi connectivity index (χ3v) is 6.96. The molecule has 0 aliphatic heterocycles. The fourth-order valence-electron chi connectivity index (χ4n) is 3.94. The monoisotopic (exact) mass is 537 g/mol. The second-order valence-electron chi connectivity index (χ2n) is 8.41. The van der Waals surface area contributed by atoms with Crippen LogP contribution in [0.5, 0.6) is 0 Å². The van der Waals surface area contributed by atoms with Crippen LogP contribution in [-0.4, -0.2) is 26.3 Å². The lowest BCUT2D eigenvalue weighted by Gasteiger charge is -2.10. The highest BCUT2D eigenvalue weighted by molar-refractivity contribution is 7.20. The Morgan fingerprint density at radius 3 is 2.58 bits per heavy atom. The van der Waals surface area contributed by atoms with Gasteiger partial charge in [0, 0.05) is 11.1 Å². The average Bonchev–Trinajstić information content (AvgIpc) is 3.22. The van der Waals surface area contributed by atoms with Crippen LogP contribution < -0.4 is 16.2 Å². The standard InChI is InChI=1S/C26H18F3N5O3S/c1-14-21-24(38-22(14)23(36)33-18-9-15-5-2-3-8-19(15)30-11-18)31-13-34(25(21)37)12-20(35)32-17-7-4-6-16(10-17)26(27,28)29/h2-11,13H,12H2,1H3,(H,32,35)(H,33,36). The minimum Gasteiger partial charge on any atom is -0.325 e. The number of carbonyl (C=O) groups excluding carboxylic acids is 2. The second kappa shape index (κ2) is 9.71. The lowest BCUT2D eigenvalue weighted by Crippen LogP contribution is -2.28. The molecule has 0 spiro atoms. The van der Waals surface area contributed by atoms with Crippen LogP contribution in [0.4, 0.5) is 24.5 Å². The number of carbonyl (C=O) groups is 2. The molecule has 12 heteroatoms. The number of amides is 2. The van der Waals surface area contributed by atoms with Crippen molar-refractivity contribution in [2.45, 2.75) is 19.6 Å². The van der Waals surface area contributed by atoms with Crippen molar-refractivity contribution < 1.29 is 22.8 Å². The number of halogens is 3. The fraction of sp³-hybridized carbons (Fsp3) is 0.115. The molecule has 0 fully saturated rings. The van der Waals surface area contributed by atoms with Crippen LogP contribution in [0.2, 0.25) is 0 Å². The number of para-hydroxylation sites is 1. The van der Waals surface area contributed by atoms with Gasteiger partial charge in [-0.3, -0.25) is 23.9 Å². The number of thiophene rings is 1. The molecule has 3 heterocycles. The smallest absolute Gasteiger partial charge is 0.325 e. The Hall–Kier alpha value is -4.58. The number of nitrogens with zero attached hydrogens (tertiary/aromatic N) is 3. The molecule has 0 bridgehead atoms. The minimum absolute atomic E-state index is 0.0548. The zero-order chi connectivity index (χ0) is 27.0. The summed E-state index contributed by atoms with van der Waals surface area (Å²) in [4.78, 5) is 47.8. The number of hydrogen-bond acceptors (Lipinski definition) is 6. The van der Waals surface area contributed by atoms with E-state index in [1.54, 1.807) is 13.0 Å². The molecule has 0 saturated heterocycles. The normalized spacial score (nSPS) is 11.6. The molecule has 3 aromatic heterocycles. The van der Waals surface area contributed by atoms with Crippen molar-refractivity contribution in [2.24, 2.45) is 0 Å². The third kappa shape index (κ3) is 4.98. The fourth-order valence-corrected chi connectivity index (χ4v) is 4.98. The first-order valence-corrected chi connectivity index (χ1v) is 12.0. The minimum atomic E-state index is -4.56. The van der Waals surface area contributed by atoms with Gasteiger partial charge in [-0.2, -0.15) is 13.2 Å². The van der Waals surface area contributed by atoms with Gasteiger partial charge in [0.25, 0.3) is 11.5 Å². The lowest BCUT2D eigenvalue weighted by atomic mass is 10.2. The number of anilines is 2. The Morgan fingerprint density at radius 1 is 1.00 bits per heavy atom. The summed E-state index contributed by atoms with van der Waals surface area (Å²) >= 11 is 1.04. The van der Waals surface area contributed by atoms with Gasteiger partial charge in [-0.15, -0.1) is 11.3 Å². The van der Waals surface area contributed by atoms with Gasteiger partial charge in [0.2, 0.25) is 5.91 Å². The van der Waals surface area contributed by atoms with E-state index in [0.717, 1.165) is 38.9 Å². The average molecular weight is 538 g/mol. The SMILES string of the molecule is Cc1c(C(=O)Nc2cnc3ccccc3c2)sc2ncn(CC(=O)Nc3cccc(C(F)(F)F)c3)c(=O)c12. The number of alkyl halides is 3. The van der Waals surface area contributed by atoms with Crippen LogP contribution in [-0.2, 0) is 17.5 Å². The van der Waals surface area contributed by atoms with E-state index in [1.165, 1.54) is 24.7 Å². The molecule has 192 valence electrons. The first-order valence-electron chi connectivity index (χ1n) is 11.2. The Labute approximate surface area is 216 Å². The number of pyridine rings is 1. The van der Waals surface area contributed by atoms with E-state index in [-0.39, 0.29) is 16.0 Å². The second-order valence-corrected chi connectivity index (χ2v) is 9.41. The molecule has 0 unspecified atom stereocenters. The third-order valence-electron chi connectivity index (χ3n) is 5.76. The lowest BCUT2D eigenvalue weighted by molar-refractivity contribution is -0.137. The van der Waals surface area contributed by atoms with E-state index in [1.807, 2.05) is 24.3 Å². The molecule has 38 heavy (non-hydrogen) atoms. The highest BCUT2D eigenvalue weighted by atomic mass is 32.1. The van der Waals surface area contributed by atoms with E-state index < -0.39 is 35.7 Å². The first kappa shape index (κ1) is 25.1.